The Labute approximate surface area is 139 Å². The van der Waals surface area contributed by atoms with E-state index < -0.39 is 4.92 Å². The summed E-state index contributed by atoms with van der Waals surface area (Å²) in [7, 11) is 0. The van der Waals surface area contributed by atoms with Crippen LogP contribution in [0.5, 0.6) is 0 Å². The molecule has 0 radical (unpaired) electrons. The number of anilines is 3. The number of benzene rings is 1. The number of ether oxygens (including phenoxy) is 1. The highest BCUT2D eigenvalue weighted by Gasteiger charge is 2.25. The Bertz CT molecular complexity index is 759. The number of nitro groups is 1. The van der Waals surface area contributed by atoms with Crippen molar-refractivity contribution >= 4 is 23.1 Å². The van der Waals surface area contributed by atoms with Gasteiger partial charge >= 0.3 is 5.69 Å². The summed E-state index contributed by atoms with van der Waals surface area (Å²) in [5.41, 5.74) is 2.01. The van der Waals surface area contributed by atoms with Crippen molar-refractivity contribution in [1.82, 2.24) is 9.97 Å². The van der Waals surface area contributed by atoms with Crippen molar-refractivity contribution in [1.29, 1.82) is 0 Å². The molecular weight excluding hydrogens is 310 g/mol. The van der Waals surface area contributed by atoms with Crippen LogP contribution in [0.3, 0.4) is 0 Å². The van der Waals surface area contributed by atoms with Crippen LogP contribution in [0.25, 0.3) is 0 Å². The molecule has 0 bridgehead atoms. The second-order valence-corrected chi connectivity index (χ2v) is 5.60. The second kappa shape index (κ2) is 6.79. The Balaban J connectivity index is 2.02. The fourth-order valence-electron chi connectivity index (χ4n) is 2.60. The van der Waals surface area contributed by atoms with E-state index in [9.17, 15) is 10.1 Å². The molecule has 3 rings (SSSR count). The molecule has 1 aromatic heterocycles. The Morgan fingerprint density at radius 2 is 1.92 bits per heavy atom. The average molecular weight is 329 g/mol. The van der Waals surface area contributed by atoms with Gasteiger partial charge in [-0.25, -0.2) is 4.98 Å². The Morgan fingerprint density at radius 3 is 2.58 bits per heavy atom. The normalized spacial score (nSPS) is 14.5. The highest BCUT2D eigenvalue weighted by atomic mass is 16.6. The number of aryl methyl sites for hydroxylation is 2. The molecule has 0 atom stereocenters. The molecule has 1 saturated heterocycles. The molecule has 1 fully saturated rings. The summed E-state index contributed by atoms with van der Waals surface area (Å²) in [6.45, 7) is 6.10. The molecule has 2 heterocycles. The Kier molecular flexibility index (Phi) is 4.57. The quantitative estimate of drug-likeness (QED) is 0.680. The van der Waals surface area contributed by atoms with Gasteiger partial charge in [-0.1, -0.05) is 18.2 Å². The number of para-hydroxylation sites is 1. The minimum atomic E-state index is -0.445. The second-order valence-electron chi connectivity index (χ2n) is 5.60. The van der Waals surface area contributed by atoms with Gasteiger partial charge in [0.05, 0.1) is 18.1 Å². The molecular formula is C16H19N5O3. The third kappa shape index (κ3) is 3.28. The van der Waals surface area contributed by atoms with Gasteiger partial charge in [0.25, 0.3) is 0 Å². The van der Waals surface area contributed by atoms with E-state index >= 15 is 0 Å². The van der Waals surface area contributed by atoms with Crippen molar-refractivity contribution in [2.75, 3.05) is 36.5 Å². The number of hydrogen-bond donors (Lipinski definition) is 1. The van der Waals surface area contributed by atoms with E-state index in [0.717, 1.165) is 11.3 Å². The highest BCUT2D eigenvalue weighted by molar-refractivity contribution is 5.70. The number of nitrogens with zero attached hydrogens (tertiary/aromatic N) is 4. The van der Waals surface area contributed by atoms with E-state index in [-0.39, 0.29) is 11.5 Å². The monoisotopic (exact) mass is 329 g/mol. The summed E-state index contributed by atoms with van der Waals surface area (Å²) in [6.07, 6.45) is 0. The zero-order valence-electron chi connectivity index (χ0n) is 13.7. The van der Waals surface area contributed by atoms with Crippen LogP contribution in [-0.4, -0.2) is 41.2 Å². The lowest BCUT2D eigenvalue weighted by molar-refractivity contribution is -0.385. The molecule has 1 N–H and O–H groups in total. The van der Waals surface area contributed by atoms with E-state index in [0.29, 0.717) is 37.9 Å². The number of rotatable bonds is 4. The zero-order chi connectivity index (χ0) is 17.1. The molecule has 0 saturated carbocycles. The zero-order valence-corrected chi connectivity index (χ0v) is 13.7. The van der Waals surface area contributed by atoms with Crippen LogP contribution in [0, 0.1) is 24.0 Å². The van der Waals surface area contributed by atoms with Gasteiger partial charge in [0.1, 0.15) is 5.69 Å². The third-order valence-corrected chi connectivity index (χ3v) is 3.92. The molecule has 0 unspecified atom stereocenters. The summed E-state index contributed by atoms with van der Waals surface area (Å²) < 4.78 is 5.33. The van der Waals surface area contributed by atoms with Gasteiger partial charge in [-0.05, 0) is 25.5 Å². The molecule has 126 valence electrons. The van der Waals surface area contributed by atoms with E-state index in [1.54, 1.807) is 6.92 Å². The van der Waals surface area contributed by atoms with Crippen molar-refractivity contribution in [2.24, 2.45) is 0 Å². The molecule has 24 heavy (non-hydrogen) atoms. The molecule has 0 aliphatic carbocycles. The fraction of sp³-hybridized carbons (Fsp3) is 0.375. The number of hydrogen-bond acceptors (Lipinski definition) is 7. The predicted octanol–water partition coefficient (Wildman–Crippen LogP) is 2.58. The van der Waals surface area contributed by atoms with Crippen molar-refractivity contribution in [2.45, 2.75) is 13.8 Å². The number of morpholine rings is 1. The molecule has 8 nitrogen and oxygen atoms in total. The van der Waals surface area contributed by atoms with Crippen molar-refractivity contribution < 1.29 is 9.66 Å². The Morgan fingerprint density at radius 1 is 1.21 bits per heavy atom. The molecule has 0 amide bonds. The van der Waals surface area contributed by atoms with Crippen molar-refractivity contribution in [3.8, 4) is 0 Å². The van der Waals surface area contributed by atoms with Gasteiger partial charge in [0.2, 0.25) is 11.8 Å². The van der Waals surface area contributed by atoms with E-state index in [1.165, 1.54) is 0 Å². The Hall–Kier alpha value is -2.74. The molecule has 0 spiro atoms. The summed E-state index contributed by atoms with van der Waals surface area (Å²) >= 11 is 0. The van der Waals surface area contributed by atoms with Gasteiger partial charge in [0, 0.05) is 18.8 Å². The van der Waals surface area contributed by atoms with E-state index in [1.807, 2.05) is 36.1 Å². The minimum Gasteiger partial charge on any atom is -0.378 e. The van der Waals surface area contributed by atoms with Crippen LogP contribution in [0.1, 0.15) is 11.3 Å². The summed E-state index contributed by atoms with van der Waals surface area (Å²) in [6, 6.07) is 7.59. The minimum absolute atomic E-state index is 0.102. The molecule has 1 aliphatic heterocycles. The first kappa shape index (κ1) is 16.1. The van der Waals surface area contributed by atoms with Crippen molar-refractivity contribution in [3.05, 3.63) is 45.6 Å². The largest absolute Gasteiger partial charge is 0.378 e. The lowest BCUT2D eigenvalue weighted by Gasteiger charge is -2.27. The lowest BCUT2D eigenvalue weighted by Crippen LogP contribution is -2.37. The van der Waals surface area contributed by atoms with Gasteiger partial charge in [-0.3, -0.25) is 10.1 Å². The van der Waals surface area contributed by atoms with E-state index in [2.05, 4.69) is 15.3 Å². The maximum absolute atomic E-state index is 11.5. The molecule has 1 aromatic carbocycles. The van der Waals surface area contributed by atoms with Crippen LogP contribution in [-0.2, 0) is 4.74 Å². The van der Waals surface area contributed by atoms with Gasteiger partial charge in [0.15, 0.2) is 0 Å². The summed E-state index contributed by atoms with van der Waals surface area (Å²) in [5, 5.41) is 14.5. The lowest BCUT2D eigenvalue weighted by atomic mass is 10.2. The smallest absolute Gasteiger partial charge is 0.332 e. The average Bonchev–Trinajstić information content (AvgIpc) is 2.57. The molecule has 2 aromatic rings. The number of aromatic nitrogens is 2. The van der Waals surface area contributed by atoms with Crippen LogP contribution < -0.4 is 10.2 Å². The summed E-state index contributed by atoms with van der Waals surface area (Å²) in [5.74, 6) is 0.695. The van der Waals surface area contributed by atoms with E-state index in [4.69, 9.17) is 4.74 Å². The third-order valence-electron chi connectivity index (χ3n) is 3.92. The molecule has 1 aliphatic rings. The van der Waals surface area contributed by atoms with Crippen LogP contribution in [0.15, 0.2) is 24.3 Å². The summed E-state index contributed by atoms with van der Waals surface area (Å²) in [4.78, 5) is 21.7. The first-order valence-electron chi connectivity index (χ1n) is 7.74. The number of nitrogens with one attached hydrogen (secondary N) is 1. The topological polar surface area (TPSA) is 93.4 Å². The van der Waals surface area contributed by atoms with Gasteiger partial charge < -0.3 is 15.0 Å². The van der Waals surface area contributed by atoms with Gasteiger partial charge in [-0.15, -0.1) is 0 Å². The van der Waals surface area contributed by atoms with Gasteiger partial charge in [-0.2, -0.15) is 4.98 Å². The fourth-order valence-corrected chi connectivity index (χ4v) is 2.60. The van der Waals surface area contributed by atoms with Crippen LogP contribution in [0.2, 0.25) is 0 Å². The maximum Gasteiger partial charge on any atom is 0.332 e. The SMILES string of the molecule is Cc1ccccc1Nc1nc(N2CCOCC2)nc(C)c1[N+](=O)[O-]. The first-order chi connectivity index (χ1) is 11.6. The predicted molar refractivity (Wildman–Crippen MR) is 90.9 cm³/mol. The highest BCUT2D eigenvalue weighted by Crippen LogP contribution is 2.31. The van der Waals surface area contributed by atoms with Crippen molar-refractivity contribution in [3.63, 3.8) is 0 Å². The standard InChI is InChI=1S/C16H19N5O3/c1-11-5-3-4-6-13(11)18-15-14(21(22)23)12(2)17-16(19-15)20-7-9-24-10-8-20/h3-6H,7-10H2,1-2H3,(H,17,18,19). The van der Waals surface area contributed by atoms with Crippen LogP contribution >= 0.6 is 0 Å². The maximum atomic E-state index is 11.5. The molecule has 8 heteroatoms. The van der Waals surface area contributed by atoms with Crippen LogP contribution in [0.4, 0.5) is 23.1 Å². The first-order valence-corrected chi connectivity index (χ1v) is 7.74.